The number of piperidine rings is 1. The van der Waals surface area contributed by atoms with Crippen LogP contribution in [0.15, 0.2) is 23.7 Å². The number of amides is 1. The van der Waals surface area contributed by atoms with Crippen LogP contribution in [0.2, 0.25) is 0 Å². The number of nitrogens with zero attached hydrogens (tertiary/aromatic N) is 2. The zero-order valence-corrected chi connectivity index (χ0v) is 13.9. The summed E-state index contributed by atoms with van der Waals surface area (Å²) in [6.07, 6.45) is 7.37. The Morgan fingerprint density at radius 1 is 1.48 bits per heavy atom. The third kappa shape index (κ3) is 3.52. The largest absolute Gasteiger partial charge is 0.335 e. The smallest absolute Gasteiger partial charge is 0.265 e. The van der Waals surface area contributed by atoms with Crippen LogP contribution in [0.25, 0.3) is 0 Å². The highest BCUT2D eigenvalue weighted by atomic mass is 32.1. The molecule has 0 N–H and O–H groups in total. The minimum atomic E-state index is 0.177. The first-order valence-electron chi connectivity index (χ1n) is 7.50. The van der Waals surface area contributed by atoms with Crippen LogP contribution >= 0.6 is 22.7 Å². The molecule has 112 valence electrons. The molecule has 0 saturated carbocycles. The highest BCUT2D eigenvalue weighted by Gasteiger charge is 2.28. The molecule has 5 heteroatoms. The van der Waals surface area contributed by atoms with Crippen molar-refractivity contribution in [1.82, 2.24) is 9.88 Å². The average Bonchev–Trinajstić information content (AvgIpc) is 3.16. The predicted molar refractivity (Wildman–Crippen MR) is 88.2 cm³/mol. The Morgan fingerprint density at radius 3 is 3.10 bits per heavy atom. The summed E-state index contributed by atoms with van der Waals surface area (Å²) in [5.74, 6) is 0.177. The maximum absolute atomic E-state index is 12.7. The zero-order chi connectivity index (χ0) is 14.7. The van der Waals surface area contributed by atoms with Crippen molar-refractivity contribution in [2.24, 2.45) is 0 Å². The maximum atomic E-state index is 12.7. The third-order valence-corrected chi connectivity index (χ3v) is 5.86. The molecule has 1 aliphatic rings. The number of thiophene rings is 1. The summed E-state index contributed by atoms with van der Waals surface area (Å²) in [6, 6.07) is 4.67. The Balaban J connectivity index is 1.67. The minimum Gasteiger partial charge on any atom is -0.335 e. The summed E-state index contributed by atoms with van der Waals surface area (Å²) in [6.45, 7) is 2.84. The van der Waals surface area contributed by atoms with Gasteiger partial charge in [0.05, 0.1) is 11.2 Å². The Kier molecular flexibility index (Phi) is 4.70. The van der Waals surface area contributed by atoms with Crippen molar-refractivity contribution in [2.45, 2.75) is 45.1 Å². The Morgan fingerprint density at radius 2 is 2.38 bits per heavy atom. The van der Waals surface area contributed by atoms with Gasteiger partial charge >= 0.3 is 0 Å². The molecule has 0 aliphatic carbocycles. The van der Waals surface area contributed by atoms with Crippen LogP contribution in [0.4, 0.5) is 0 Å². The fraction of sp³-hybridized carbons (Fsp3) is 0.500. The van der Waals surface area contributed by atoms with E-state index in [1.165, 1.54) is 22.6 Å². The van der Waals surface area contributed by atoms with E-state index >= 15 is 0 Å². The summed E-state index contributed by atoms with van der Waals surface area (Å²) in [7, 11) is 0. The molecule has 0 spiro atoms. The SMILES string of the molecule is Cc1ncc(C(=O)N2CCCC[C@@H]2CCc2cccs2)s1. The average molecular weight is 320 g/mol. The molecule has 3 nitrogen and oxygen atoms in total. The van der Waals surface area contributed by atoms with E-state index in [4.69, 9.17) is 0 Å². The number of carbonyl (C=O) groups is 1. The first kappa shape index (κ1) is 14.7. The number of aromatic nitrogens is 1. The first-order valence-corrected chi connectivity index (χ1v) is 9.19. The molecule has 0 radical (unpaired) electrons. The van der Waals surface area contributed by atoms with Crippen molar-refractivity contribution in [2.75, 3.05) is 6.54 Å². The van der Waals surface area contributed by atoms with Gasteiger partial charge in [-0.05, 0) is 50.5 Å². The summed E-state index contributed by atoms with van der Waals surface area (Å²) < 4.78 is 0. The van der Waals surface area contributed by atoms with Crippen molar-refractivity contribution < 1.29 is 4.79 Å². The normalized spacial score (nSPS) is 18.9. The van der Waals surface area contributed by atoms with E-state index in [1.54, 1.807) is 6.20 Å². The standard InChI is InChI=1S/C16H20N2OS2/c1-12-17-11-15(21-12)16(19)18-9-3-2-5-13(18)7-8-14-6-4-10-20-14/h4,6,10-11,13H,2-3,5,7-9H2,1H3/t13-/m1/s1. The Hall–Kier alpha value is -1.20. The molecule has 21 heavy (non-hydrogen) atoms. The second-order valence-electron chi connectivity index (χ2n) is 5.51. The lowest BCUT2D eigenvalue weighted by molar-refractivity contribution is 0.0607. The number of carbonyl (C=O) groups excluding carboxylic acids is 1. The molecule has 0 aromatic carbocycles. The molecule has 1 aliphatic heterocycles. The number of hydrogen-bond donors (Lipinski definition) is 0. The highest BCUT2D eigenvalue weighted by molar-refractivity contribution is 7.13. The lowest BCUT2D eigenvalue weighted by Gasteiger charge is -2.35. The van der Waals surface area contributed by atoms with Crippen LogP contribution in [0.3, 0.4) is 0 Å². The molecule has 3 heterocycles. The van der Waals surface area contributed by atoms with Gasteiger partial charge in [0.1, 0.15) is 4.88 Å². The van der Waals surface area contributed by atoms with E-state index in [1.807, 2.05) is 18.3 Å². The van der Waals surface area contributed by atoms with Crippen molar-refractivity contribution in [1.29, 1.82) is 0 Å². The molecule has 3 rings (SSSR count). The van der Waals surface area contributed by atoms with Gasteiger partial charge in [-0.2, -0.15) is 0 Å². The van der Waals surface area contributed by atoms with E-state index in [0.717, 1.165) is 42.1 Å². The molecule has 1 fully saturated rings. The van der Waals surface area contributed by atoms with Gasteiger partial charge in [0.2, 0.25) is 0 Å². The fourth-order valence-electron chi connectivity index (χ4n) is 2.93. The van der Waals surface area contributed by atoms with Crippen LogP contribution in [-0.2, 0) is 6.42 Å². The van der Waals surface area contributed by atoms with Gasteiger partial charge in [-0.3, -0.25) is 4.79 Å². The van der Waals surface area contributed by atoms with Gasteiger partial charge in [-0.25, -0.2) is 4.98 Å². The predicted octanol–water partition coefficient (Wildman–Crippen LogP) is 4.14. The Bertz CT molecular complexity index is 591. The number of aryl methyl sites for hydroxylation is 2. The van der Waals surface area contributed by atoms with Gasteiger partial charge in [0, 0.05) is 17.5 Å². The second kappa shape index (κ2) is 6.71. The topological polar surface area (TPSA) is 33.2 Å². The third-order valence-electron chi connectivity index (χ3n) is 4.02. The molecule has 1 saturated heterocycles. The lowest BCUT2D eigenvalue weighted by atomic mass is 9.97. The van der Waals surface area contributed by atoms with Gasteiger partial charge < -0.3 is 4.90 Å². The van der Waals surface area contributed by atoms with Crippen LogP contribution < -0.4 is 0 Å². The second-order valence-corrected chi connectivity index (χ2v) is 7.78. The summed E-state index contributed by atoms with van der Waals surface area (Å²) >= 11 is 3.32. The lowest BCUT2D eigenvalue weighted by Crippen LogP contribution is -2.43. The zero-order valence-electron chi connectivity index (χ0n) is 12.2. The number of likely N-dealkylation sites (tertiary alicyclic amines) is 1. The van der Waals surface area contributed by atoms with Crippen LogP contribution in [-0.4, -0.2) is 28.4 Å². The highest BCUT2D eigenvalue weighted by Crippen LogP contribution is 2.25. The molecule has 0 unspecified atom stereocenters. The van der Waals surface area contributed by atoms with Crippen molar-refractivity contribution >= 4 is 28.6 Å². The van der Waals surface area contributed by atoms with E-state index in [-0.39, 0.29) is 5.91 Å². The molecule has 2 aromatic heterocycles. The van der Waals surface area contributed by atoms with Gasteiger partial charge in [-0.1, -0.05) is 6.07 Å². The van der Waals surface area contributed by atoms with Gasteiger partial charge in [0.15, 0.2) is 0 Å². The monoisotopic (exact) mass is 320 g/mol. The van der Waals surface area contributed by atoms with Crippen molar-refractivity contribution in [3.8, 4) is 0 Å². The molecule has 1 amide bonds. The molecule has 2 aromatic rings. The number of hydrogen-bond acceptors (Lipinski definition) is 4. The van der Waals surface area contributed by atoms with Crippen molar-refractivity contribution in [3.63, 3.8) is 0 Å². The fourth-order valence-corrected chi connectivity index (χ4v) is 4.39. The number of rotatable bonds is 4. The molecular weight excluding hydrogens is 300 g/mol. The number of thiazole rings is 1. The van der Waals surface area contributed by atoms with E-state index in [0.29, 0.717) is 6.04 Å². The molecular formula is C16H20N2OS2. The molecule has 1 atom stereocenters. The van der Waals surface area contributed by atoms with E-state index in [9.17, 15) is 4.79 Å². The minimum absolute atomic E-state index is 0.177. The van der Waals surface area contributed by atoms with Gasteiger partial charge in [0.25, 0.3) is 5.91 Å². The molecule has 0 bridgehead atoms. The van der Waals surface area contributed by atoms with Crippen LogP contribution in [0, 0.1) is 6.92 Å². The maximum Gasteiger partial charge on any atom is 0.265 e. The van der Waals surface area contributed by atoms with E-state index < -0.39 is 0 Å². The summed E-state index contributed by atoms with van der Waals surface area (Å²) in [5.41, 5.74) is 0. The summed E-state index contributed by atoms with van der Waals surface area (Å²) in [4.78, 5) is 21.2. The van der Waals surface area contributed by atoms with Crippen molar-refractivity contribution in [3.05, 3.63) is 38.5 Å². The first-order chi connectivity index (χ1) is 10.2. The van der Waals surface area contributed by atoms with Gasteiger partial charge in [-0.15, -0.1) is 22.7 Å². The van der Waals surface area contributed by atoms with E-state index in [2.05, 4.69) is 27.4 Å². The van der Waals surface area contributed by atoms with Crippen LogP contribution in [0.1, 0.15) is 45.2 Å². The summed E-state index contributed by atoms with van der Waals surface area (Å²) in [5, 5.41) is 3.09. The van der Waals surface area contributed by atoms with Crippen LogP contribution in [0.5, 0.6) is 0 Å². The quantitative estimate of drug-likeness (QED) is 0.848. The Labute approximate surface area is 133 Å².